The first-order chi connectivity index (χ1) is 14.0. The number of hydrogen-bond acceptors (Lipinski definition) is 6. The van der Waals surface area contributed by atoms with E-state index in [1.807, 2.05) is 38.3 Å². The van der Waals surface area contributed by atoms with Gasteiger partial charge in [-0.3, -0.25) is 14.6 Å². The van der Waals surface area contributed by atoms with Gasteiger partial charge in [-0.25, -0.2) is 0 Å². The van der Waals surface area contributed by atoms with Gasteiger partial charge < -0.3 is 10.6 Å². The van der Waals surface area contributed by atoms with E-state index in [0.717, 1.165) is 45.3 Å². The molecule has 0 saturated heterocycles. The van der Waals surface area contributed by atoms with Gasteiger partial charge in [0.05, 0.1) is 16.3 Å². The minimum Gasteiger partial charge on any atom is -0.352 e. The number of aliphatic imine (C=N–C) groups is 1. The minimum atomic E-state index is 0.00421. The summed E-state index contributed by atoms with van der Waals surface area (Å²) in [6, 6.07) is 6.13. The highest BCUT2D eigenvalue weighted by atomic mass is 32.2. The summed E-state index contributed by atoms with van der Waals surface area (Å²) in [6.45, 7) is 3.89. The molecule has 1 amide bonds. The molecule has 3 rings (SSSR count). The van der Waals surface area contributed by atoms with Crippen LogP contribution in [0.1, 0.15) is 39.5 Å². The van der Waals surface area contributed by atoms with Crippen LogP contribution in [-0.4, -0.2) is 30.8 Å². The van der Waals surface area contributed by atoms with Gasteiger partial charge in [-0.05, 0) is 37.7 Å². The minimum absolute atomic E-state index is 0.00421. The van der Waals surface area contributed by atoms with Gasteiger partial charge in [-0.2, -0.15) is 0 Å². The van der Waals surface area contributed by atoms with Crippen molar-refractivity contribution in [2.24, 2.45) is 10.9 Å². The standard InChI is InChI=1S/C22H27N3O2S2/c1-5-8-14(15(26)6-2)18-20(21(23-3)25-22(27)13-11-12-13)29-17-10-7-9-16(28-4)19(17)24-18/h7-10,13,24H,5-6,11-12H2,1-4H3,(H,23,25,27)/b14-8+. The molecule has 154 valence electrons. The smallest absolute Gasteiger partial charge is 0.228 e. The van der Waals surface area contributed by atoms with Gasteiger partial charge in [-0.1, -0.05) is 37.8 Å². The van der Waals surface area contributed by atoms with Crippen molar-refractivity contribution in [3.05, 3.63) is 40.5 Å². The number of thioether (sulfide) groups is 2. The Morgan fingerprint density at radius 3 is 2.69 bits per heavy atom. The maximum Gasteiger partial charge on any atom is 0.228 e. The molecule has 0 bridgehead atoms. The molecule has 0 spiro atoms. The molecule has 1 aliphatic heterocycles. The van der Waals surface area contributed by atoms with E-state index >= 15 is 0 Å². The molecule has 0 unspecified atom stereocenters. The van der Waals surface area contributed by atoms with E-state index in [1.165, 1.54) is 0 Å². The zero-order chi connectivity index (χ0) is 21.0. The summed E-state index contributed by atoms with van der Waals surface area (Å²) in [5.74, 6) is 0.669. The Labute approximate surface area is 180 Å². The maximum atomic E-state index is 12.8. The lowest BCUT2D eigenvalue weighted by molar-refractivity contribution is -0.120. The van der Waals surface area contributed by atoms with Crippen molar-refractivity contribution in [3.63, 3.8) is 0 Å². The zero-order valence-corrected chi connectivity index (χ0v) is 18.9. The molecule has 2 aliphatic rings. The number of para-hydroxylation sites is 1. The van der Waals surface area contributed by atoms with Crippen LogP contribution >= 0.6 is 23.5 Å². The predicted molar refractivity (Wildman–Crippen MR) is 123 cm³/mol. The van der Waals surface area contributed by atoms with Gasteiger partial charge in [0.2, 0.25) is 5.91 Å². The molecule has 0 aromatic heterocycles. The molecule has 1 aliphatic carbocycles. The summed E-state index contributed by atoms with van der Waals surface area (Å²) in [5, 5.41) is 6.51. The molecule has 7 heteroatoms. The molecule has 2 N–H and O–H groups in total. The van der Waals surface area contributed by atoms with Crippen molar-refractivity contribution in [2.75, 3.05) is 18.6 Å². The number of amides is 1. The number of carbonyl (C=O) groups excluding carboxylic acids is 2. The number of allylic oxidation sites excluding steroid dienone is 2. The second kappa shape index (κ2) is 9.67. The number of ketones is 1. The highest BCUT2D eigenvalue weighted by molar-refractivity contribution is 8.04. The summed E-state index contributed by atoms with van der Waals surface area (Å²) >= 11 is 3.21. The number of carbonyl (C=O) groups is 2. The van der Waals surface area contributed by atoms with Gasteiger partial charge in [0.25, 0.3) is 0 Å². The van der Waals surface area contributed by atoms with Crippen LogP contribution in [0.4, 0.5) is 5.69 Å². The van der Waals surface area contributed by atoms with Crippen LogP contribution in [0.5, 0.6) is 0 Å². The SMILES string of the molecule is CC/C=C(\C(=O)CC)C1=C(C(=NC)NC(=O)C2CC2)Sc2cccc(SC)c2N1. The first kappa shape index (κ1) is 21.7. The van der Waals surface area contributed by atoms with Crippen LogP contribution in [0.2, 0.25) is 0 Å². The fourth-order valence-electron chi connectivity index (χ4n) is 3.12. The normalized spacial score (nSPS) is 17.0. The molecule has 0 atom stereocenters. The van der Waals surface area contributed by atoms with Crippen LogP contribution < -0.4 is 10.6 Å². The van der Waals surface area contributed by atoms with E-state index < -0.39 is 0 Å². The Hall–Kier alpha value is -1.99. The quantitative estimate of drug-likeness (QED) is 0.276. The number of rotatable bonds is 7. The number of amidine groups is 1. The van der Waals surface area contributed by atoms with Crippen molar-refractivity contribution in [2.45, 2.75) is 49.3 Å². The van der Waals surface area contributed by atoms with Gasteiger partial charge in [0.15, 0.2) is 5.78 Å². The lowest BCUT2D eigenvalue weighted by atomic mass is 10.0. The van der Waals surface area contributed by atoms with Gasteiger partial charge >= 0.3 is 0 Å². The van der Waals surface area contributed by atoms with Crippen molar-refractivity contribution >= 4 is 46.7 Å². The summed E-state index contributed by atoms with van der Waals surface area (Å²) in [7, 11) is 1.67. The Morgan fingerprint density at radius 1 is 1.34 bits per heavy atom. The average molecular weight is 430 g/mol. The molecular formula is C22H27N3O2S2. The van der Waals surface area contributed by atoms with Crippen molar-refractivity contribution < 1.29 is 9.59 Å². The highest BCUT2D eigenvalue weighted by Gasteiger charge is 2.33. The molecule has 1 saturated carbocycles. The van der Waals surface area contributed by atoms with Crippen molar-refractivity contribution in [1.82, 2.24) is 5.32 Å². The molecule has 5 nitrogen and oxygen atoms in total. The molecule has 29 heavy (non-hydrogen) atoms. The summed E-state index contributed by atoms with van der Waals surface area (Å²) < 4.78 is 0. The van der Waals surface area contributed by atoms with E-state index in [0.29, 0.717) is 17.8 Å². The molecule has 1 aromatic carbocycles. The Balaban J connectivity index is 2.11. The van der Waals surface area contributed by atoms with Crippen LogP contribution in [0.25, 0.3) is 0 Å². The fourth-order valence-corrected chi connectivity index (χ4v) is 4.89. The third kappa shape index (κ3) is 4.78. The van der Waals surface area contributed by atoms with Gasteiger partial charge in [0, 0.05) is 34.8 Å². The first-order valence-electron chi connectivity index (χ1n) is 9.91. The number of fused-ring (bicyclic) bond motifs is 1. The Bertz CT molecular complexity index is 915. The lowest BCUT2D eigenvalue weighted by Crippen LogP contribution is -2.34. The van der Waals surface area contributed by atoms with Crippen LogP contribution in [0.15, 0.2) is 55.2 Å². The monoisotopic (exact) mass is 429 g/mol. The fraction of sp³-hybridized carbons (Fsp3) is 0.409. The van der Waals surface area contributed by atoms with E-state index in [2.05, 4.69) is 21.7 Å². The molecule has 0 radical (unpaired) electrons. The number of nitrogens with zero attached hydrogens (tertiary/aromatic N) is 1. The van der Waals surface area contributed by atoms with Crippen LogP contribution in [0, 0.1) is 5.92 Å². The van der Waals surface area contributed by atoms with Crippen molar-refractivity contribution in [3.8, 4) is 0 Å². The third-order valence-corrected chi connectivity index (χ3v) is 6.77. The zero-order valence-electron chi connectivity index (χ0n) is 17.3. The number of nitrogens with one attached hydrogen (secondary N) is 2. The number of benzene rings is 1. The molecular weight excluding hydrogens is 402 g/mol. The van der Waals surface area contributed by atoms with Crippen molar-refractivity contribution in [1.29, 1.82) is 0 Å². The van der Waals surface area contributed by atoms with E-state index in [9.17, 15) is 9.59 Å². The Kier molecular flexibility index (Phi) is 7.24. The topological polar surface area (TPSA) is 70.6 Å². The van der Waals surface area contributed by atoms with E-state index in [4.69, 9.17) is 0 Å². The second-order valence-electron chi connectivity index (χ2n) is 6.90. The summed E-state index contributed by atoms with van der Waals surface area (Å²) in [5.41, 5.74) is 2.38. The first-order valence-corrected chi connectivity index (χ1v) is 12.0. The average Bonchev–Trinajstić information content (AvgIpc) is 3.59. The lowest BCUT2D eigenvalue weighted by Gasteiger charge is -2.27. The van der Waals surface area contributed by atoms with Crippen LogP contribution in [0.3, 0.4) is 0 Å². The summed E-state index contributed by atoms with van der Waals surface area (Å²) in [4.78, 5) is 32.5. The largest absolute Gasteiger partial charge is 0.352 e. The summed E-state index contributed by atoms with van der Waals surface area (Å²) in [6.07, 6.45) is 7.01. The maximum absolute atomic E-state index is 12.8. The molecule has 1 heterocycles. The van der Waals surface area contributed by atoms with Gasteiger partial charge in [0.1, 0.15) is 5.84 Å². The predicted octanol–water partition coefficient (Wildman–Crippen LogP) is 5.01. The van der Waals surface area contributed by atoms with E-state index in [1.54, 1.807) is 30.6 Å². The second-order valence-corrected chi connectivity index (χ2v) is 8.80. The van der Waals surface area contributed by atoms with Crippen LogP contribution in [-0.2, 0) is 9.59 Å². The number of anilines is 1. The van der Waals surface area contributed by atoms with E-state index in [-0.39, 0.29) is 17.6 Å². The number of Topliss-reactive ketones (excluding diaryl/α,β-unsaturated/α-hetero) is 1. The van der Waals surface area contributed by atoms with Gasteiger partial charge in [-0.15, -0.1) is 11.8 Å². The third-order valence-electron chi connectivity index (χ3n) is 4.82. The molecule has 1 aromatic rings. The number of hydrogen-bond donors (Lipinski definition) is 2. The Morgan fingerprint density at radius 2 is 2.10 bits per heavy atom. The molecule has 1 fully saturated rings. The highest BCUT2D eigenvalue weighted by Crippen LogP contribution is 2.46.